The number of para-hydroxylation sites is 1. The number of halogens is 1. The maximum absolute atomic E-state index is 12.5. The first-order chi connectivity index (χ1) is 14.9. The summed E-state index contributed by atoms with van der Waals surface area (Å²) in [6.07, 6.45) is 4.00. The van der Waals surface area contributed by atoms with Gasteiger partial charge in [-0.25, -0.2) is 4.79 Å². The minimum atomic E-state index is -0.963. The van der Waals surface area contributed by atoms with Gasteiger partial charge in [-0.05, 0) is 41.4 Å². The van der Waals surface area contributed by atoms with E-state index in [2.05, 4.69) is 33.1 Å². The number of unbranched alkanes of at least 4 members (excludes halogenated alkanes) is 1. The summed E-state index contributed by atoms with van der Waals surface area (Å²) < 4.78 is 9.24. The fourth-order valence-corrected chi connectivity index (χ4v) is 5.12. The Morgan fingerprint density at radius 2 is 2.06 bits per heavy atom. The Morgan fingerprint density at radius 3 is 2.74 bits per heavy atom. The van der Waals surface area contributed by atoms with E-state index in [1.165, 1.54) is 0 Å². The van der Waals surface area contributed by atoms with Gasteiger partial charge in [0.25, 0.3) is 0 Å². The number of nitrogens with zero attached hydrogens (tertiary/aromatic N) is 2. The highest BCUT2D eigenvalue weighted by atomic mass is 79.9. The van der Waals surface area contributed by atoms with Crippen molar-refractivity contribution in [1.82, 2.24) is 9.47 Å². The molecule has 2 aromatic carbocycles. The zero-order chi connectivity index (χ0) is 22.1. The molecular weight excluding hydrogens is 458 g/mol. The number of carbonyl (C=O) groups is 1. The number of aryl methyl sites for hydroxylation is 1. The molecule has 0 saturated heterocycles. The van der Waals surface area contributed by atoms with E-state index in [-0.39, 0.29) is 11.8 Å². The first-order valence-corrected chi connectivity index (χ1v) is 11.5. The van der Waals surface area contributed by atoms with Gasteiger partial charge in [-0.15, -0.1) is 0 Å². The van der Waals surface area contributed by atoms with Crippen molar-refractivity contribution in [2.75, 3.05) is 11.9 Å². The molecule has 31 heavy (non-hydrogen) atoms. The molecule has 3 aromatic rings. The molecule has 0 aliphatic carbocycles. The van der Waals surface area contributed by atoms with Gasteiger partial charge in [-0.1, -0.05) is 31.5 Å². The number of aromatic carboxylic acids is 1. The predicted octanol–water partition coefficient (Wildman–Crippen LogP) is 5.59. The summed E-state index contributed by atoms with van der Waals surface area (Å²) >= 11 is 3.71. The number of carboxylic acids is 1. The van der Waals surface area contributed by atoms with Crippen LogP contribution in [0.1, 0.15) is 48.2 Å². The normalized spacial score (nSPS) is 16.2. The quantitative estimate of drug-likeness (QED) is 0.456. The summed E-state index contributed by atoms with van der Waals surface area (Å²) in [6.45, 7) is 6.14. The Bertz CT molecular complexity index is 1110. The largest absolute Gasteiger partial charge is 0.478 e. The standard InChI is InChI=1S/C24H28BrN3O3/c1-4-5-11-28-13-18-20-19(25)14-27(3)22(20)17(12-26-16-9-7-6-8-10-16)21(24(29)30)23(18)31-15(28)2/h6-10,14-15,26H,4-5,11-13H2,1-3H3,(H,29,30). The van der Waals surface area contributed by atoms with Gasteiger partial charge in [0.2, 0.25) is 0 Å². The second kappa shape index (κ2) is 8.93. The number of anilines is 1. The molecule has 2 heterocycles. The van der Waals surface area contributed by atoms with Crippen LogP contribution in [0.25, 0.3) is 10.9 Å². The maximum Gasteiger partial charge on any atom is 0.339 e. The molecule has 1 aliphatic rings. The Kier molecular flexibility index (Phi) is 6.25. The van der Waals surface area contributed by atoms with Crippen LogP contribution in [0.15, 0.2) is 41.0 Å². The summed E-state index contributed by atoms with van der Waals surface area (Å²) in [5, 5.41) is 14.6. The third-order valence-corrected chi connectivity index (χ3v) is 6.55. The van der Waals surface area contributed by atoms with E-state index < -0.39 is 5.97 Å². The number of fused-ring (bicyclic) bond motifs is 3. The van der Waals surface area contributed by atoms with E-state index in [1.807, 2.05) is 55.1 Å². The van der Waals surface area contributed by atoms with E-state index in [0.717, 1.165) is 51.6 Å². The highest BCUT2D eigenvalue weighted by Crippen LogP contribution is 2.44. The van der Waals surface area contributed by atoms with E-state index in [0.29, 0.717) is 18.8 Å². The number of hydrogen-bond acceptors (Lipinski definition) is 4. The molecule has 6 nitrogen and oxygen atoms in total. The van der Waals surface area contributed by atoms with Gasteiger partial charge in [0.1, 0.15) is 17.5 Å². The van der Waals surface area contributed by atoms with Crippen molar-refractivity contribution < 1.29 is 14.6 Å². The highest BCUT2D eigenvalue weighted by molar-refractivity contribution is 9.10. The van der Waals surface area contributed by atoms with E-state index in [1.54, 1.807) is 0 Å². The average molecular weight is 486 g/mol. The number of nitrogens with one attached hydrogen (secondary N) is 1. The van der Waals surface area contributed by atoms with Crippen molar-refractivity contribution in [3.63, 3.8) is 0 Å². The zero-order valence-electron chi connectivity index (χ0n) is 18.1. The minimum Gasteiger partial charge on any atom is -0.478 e. The van der Waals surface area contributed by atoms with Crippen LogP contribution in [0, 0.1) is 0 Å². The third-order valence-electron chi connectivity index (χ3n) is 5.95. The van der Waals surface area contributed by atoms with Crippen LogP contribution in [-0.2, 0) is 20.1 Å². The number of benzene rings is 2. The minimum absolute atomic E-state index is 0.174. The molecule has 164 valence electrons. The summed E-state index contributed by atoms with van der Waals surface area (Å²) in [7, 11) is 1.96. The molecule has 0 amide bonds. The second-order valence-electron chi connectivity index (χ2n) is 8.04. The molecule has 0 spiro atoms. The highest BCUT2D eigenvalue weighted by Gasteiger charge is 2.34. The molecule has 1 atom stereocenters. The van der Waals surface area contributed by atoms with Crippen LogP contribution < -0.4 is 10.1 Å². The Balaban J connectivity index is 1.88. The van der Waals surface area contributed by atoms with Crippen LogP contribution in [0.2, 0.25) is 0 Å². The van der Waals surface area contributed by atoms with Gasteiger partial charge in [-0.3, -0.25) is 4.90 Å². The van der Waals surface area contributed by atoms with Crippen molar-refractivity contribution in [3.05, 3.63) is 57.7 Å². The van der Waals surface area contributed by atoms with Crippen molar-refractivity contribution in [2.24, 2.45) is 7.05 Å². The van der Waals surface area contributed by atoms with Gasteiger partial charge in [-0.2, -0.15) is 0 Å². The first-order valence-electron chi connectivity index (χ1n) is 10.7. The molecule has 0 radical (unpaired) electrons. The summed E-state index contributed by atoms with van der Waals surface area (Å²) in [4.78, 5) is 14.8. The number of hydrogen-bond donors (Lipinski definition) is 2. The van der Waals surface area contributed by atoms with Crippen LogP contribution in [0.4, 0.5) is 5.69 Å². The maximum atomic E-state index is 12.5. The molecule has 1 unspecified atom stereocenters. The SMILES string of the molecule is CCCCN1Cc2c(c(C(=O)O)c(CNc3ccccc3)c3c2c(Br)cn3C)OC1C. The lowest BCUT2D eigenvalue weighted by Gasteiger charge is -2.36. The van der Waals surface area contributed by atoms with Crippen LogP contribution >= 0.6 is 15.9 Å². The lowest BCUT2D eigenvalue weighted by molar-refractivity contribution is 0.0117. The molecule has 7 heteroatoms. The fraction of sp³-hybridized carbons (Fsp3) is 0.375. The molecule has 1 aromatic heterocycles. The van der Waals surface area contributed by atoms with Crippen LogP contribution in [0.5, 0.6) is 5.75 Å². The van der Waals surface area contributed by atoms with E-state index >= 15 is 0 Å². The summed E-state index contributed by atoms with van der Waals surface area (Å²) in [5.74, 6) is -0.466. The Morgan fingerprint density at radius 1 is 1.32 bits per heavy atom. The molecule has 1 aliphatic heterocycles. The zero-order valence-corrected chi connectivity index (χ0v) is 19.7. The lowest BCUT2D eigenvalue weighted by Crippen LogP contribution is -2.41. The summed E-state index contributed by atoms with van der Waals surface area (Å²) in [6, 6.07) is 9.82. The van der Waals surface area contributed by atoms with Gasteiger partial charge >= 0.3 is 5.97 Å². The molecule has 0 saturated carbocycles. The molecule has 4 rings (SSSR count). The second-order valence-corrected chi connectivity index (χ2v) is 8.89. The average Bonchev–Trinajstić information content (AvgIpc) is 3.05. The number of carboxylic acid groups (broad SMARTS) is 1. The van der Waals surface area contributed by atoms with E-state index in [4.69, 9.17) is 4.74 Å². The van der Waals surface area contributed by atoms with Crippen molar-refractivity contribution in [2.45, 2.75) is 46.0 Å². The van der Waals surface area contributed by atoms with Gasteiger partial charge in [0.05, 0.1) is 5.52 Å². The fourth-order valence-electron chi connectivity index (χ4n) is 4.38. The molecule has 0 bridgehead atoms. The number of rotatable bonds is 7. The van der Waals surface area contributed by atoms with Gasteiger partial charge < -0.3 is 19.7 Å². The molecular formula is C24H28BrN3O3. The van der Waals surface area contributed by atoms with Crippen LogP contribution in [-0.4, -0.2) is 33.3 Å². The molecule has 2 N–H and O–H groups in total. The first kappa shape index (κ1) is 21.7. The monoisotopic (exact) mass is 485 g/mol. The summed E-state index contributed by atoms with van der Waals surface area (Å²) in [5.41, 5.74) is 3.78. The van der Waals surface area contributed by atoms with Gasteiger partial charge in [0.15, 0.2) is 0 Å². The van der Waals surface area contributed by atoms with Crippen molar-refractivity contribution >= 4 is 38.5 Å². The topological polar surface area (TPSA) is 66.7 Å². The number of aromatic nitrogens is 1. The lowest BCUT2D eigenvalue weighted by atomic mass is 9.95. The van der Waals surface area contributed by atoms with Crippen molar-refractivity contribution in [3.8, 4) is 5.75 Å². The van der Waals surface area contributed by atoms with Gasteiger partial charge in [0, 0.05) is 59.6 Å². The van der Waals surface area contributed by atoms with E-state index in [9.17, 15) is 9.90 Å². The van der Waals surface area contributed by atoms with Crippen LogP contribution in [0.3, 0.4) is 0 Å². The smallest absolute Gasteiger partial charge is 0.339 e. The Hall–Kier alpha value is -2.51. The Labute approximate surface area is 190 Å². The molecule has 0 fully saturated rings. The van der Waals surface area contributed by atoms with Crippen molar-refractivity contribution in [1.29, 1.82) is 0 Å². The third kappa shape index (κ3) is 4.04. The predicted molar refractivity (Wildman–Crippen MR) is 127 cm³/mol. The number of ether oxygens (including phenoxy) is 1.